The van der Waals surface area contributed by atoms with E-state index in [2.05, 4.69) is 32.2 Å². The Bertz CT molecular complexity index is 1260. The number of aromatic amines is 1. The molecule has 0 saturated heterocycles. The average molecular weight is 411 g/mol. The number of nitrogens with one attached hydrogen (secondary N) is 1. The largest absolute Gasteiger partial charge is 0.496 e. The monoisotopic (exact) mass is 411 g/mol. The van der Waals surface area contributed by atoms with E-state index in [-0.39, 0.29) is 0 Å². The predicted octanol–water partition coefficient (Wildman–Crippen LogP) is 4.66. The quantitative estimate of drug-likeness (QED) is 0.468. The van der Waals surface area contributed by atoms with E-state index in [4.69, 9.17) is 9.47 Å². The molecule has 2 aromatic heterocycles. The molecule has 1 aliphatic heterocycles. The van der Waals surface area contributed by atoms with Crippen LogP contribution in [-0.2, 0) is 13.2 Å². The topological polar surface area (TPSA) is 75.1 Å². The molecule has 3 heterocycles. The maximum absolute atomic E-state index is 5.78. The number of H-pyrrole nitrogens is 1. The van der Waals surface area contributed by atoms with E-state index in [9.17, 15) is 0 Å². The fourth-order valence-corrected chi connectivity index (χ4v) is 3.56. The molecule has 2 aromatic carbocycles. The number of hydrogen-bond donors (Lipinski definition) is 1. The third-order valence-electron chi connectivity index (χ3n) is 5.07. The van der Waals surface area contributed by atoms with E-state index in [0.717, 1.165) is 39.2 Å². The summed E-state index contributed by atoms with van der Waals surface area (Å²) < 4.78 is 11.3. The first-order chi connectivity index (χ1) is 15.3. The number of ether oxygens (including phenoxy) is 2. The van der Waals surface area contributed by atoms with Gasteiger partial charge < -0.3 is 14.5 Å². The Morgan fingerprint density at radius 1 is 1.13 bits per heavy atom. The molecule has 1 aliphatic rings. The molecule has 5 rings (SSSR count). The van der Waals surface area contributed by atoms with Crippen LogP contribution in [0.1, 0.15) is 16.8 Å². The fourth-order valence-electron chi connectivity index (χ4n) is 3.56. The molecule has 0 unspecified atom stereocenters. The summed E-state index contributed by atoms with van der Waals surface area (Å²) in [4.78, 5) is 12.2. The number of aliphatic imine (C=N–C) groups is 1. The average Bonchev–Trinajstić information content (AvgIpc) is 3.20. The van der Waals surface area contributed by atoms with Crippen molar-refractivity contribution in [2.75, 3.05) is 7.11 Å². The van der Waals surface area contributed by atoms with E-state index < -0.39 is 0 Å². The second kappa shape index (κ2) is 8.31. The van der Waals surface area contributed by atoms with E-state index in [1.54, 1.807) is 19.6 Å². The van der Waals surface area contributed by atoms with Crippen LogP contribution in [0.5, 0.6) is 11.6 Å². The van der Waals surface area contributed by atoms with Gasteiger partial charge in [-0.1, -0.05) is 24.3 Å². The van der Waals surface area contributed by atoms with Crippen molar-refractivity contribution in [2.45, 2.75) is 13.2 Å². The van der Waals surface area contributed by atoms with Gasteiger partial charge in [0.25, 0.3) is 0 Å². The van der Waals surface area contributed by atoms with Crippen molar-refractivity contribution in [3.63, 3.8) is 0 Å². The highest BCUT2D eigenvalue weighted by molar-refractivity contribution is 5.95. The van der Waals surface area contributed by atoms with Gasteiger partial charge in [0.2, 0.25) is 5.88 Å². The number of nitrogens with zero attached hydrogens (tertiary/aromatic N) is 4. The lowest BCUT2D eigenvalue weighted by Crippen LogP contribution is -2.18. The molecule has 7 nitrogen and oxygen atoms in total. The molecule has 0 atom stereocenters. The molecule has 31 heavy (non-hydrogen) atoms. The number of para-hydroxylation sites is 1. The Kier molecular flexibility index (Phi) is 5.06. The zero-order chi connectivity index (χ0) is 21.0. The van der Waals surface area contributed by atoms with Gasteiger partial charge in [-0.2, -0.15) is 5.10 Å². The lowest BCUT2D eigenvalue weighted by Gasteiger charge is -2.17. The molecule has 0 aliphatic carbocycles. The summed E-state index contributed by atoms with van der Waals surface area (Å²) >= 11 is 0. The van der Waals surface area contributed by atoms with E-state index in [0.29, 0.717) is 19.0 Å². The van der Waals surface area contributed by atoms with Crippen molar-refractivity contribution in [1.29, 1.82) is 0 Å². The van der Waals surface area contributed by atoms with Crippen LogP contribution in [-0.4, -0.2) is 34.6 Å². The molecule has 0 fully saturated rings. The molecular formula is C24H21N5O2. The van der Waals surface area contributed by atoms with Crippen molar-refractivity contribution in [3.05, 3.63) is 83.7 Å². The third kappa shape index (κ3) is 3.98. The van der Waals surface area contributed by atoms with Gasteiger partial charge in [-0.25, -0.2) is 15.0 Å². The van der Waals surface area contributed by atoms with Crippen LogP contribution < -0.4 is 9.47 Å². The number of rotatable bonds is 6. The lowest BCUT2D eigenvalue weighted by atomic mass is 10.1. The van der Waals surface area contributed by atoms with Gasteiger partial charge in [-0.3, -0.25) is 0 Å². The van der Waals surface area contributed by atoms with Gasteiger partial charge in [-0.05, 0) is 35.9 Å². The Labute approximate surface area is 179 Å². The summed E-state index contributed by atoms with van der Waals surface area (Å²) in [5.41, 5.74) is 4.99. The maximum Gasteiger partial charge on any atom is 0.213 e. The molecular weight excluding hydrogens is 390 g/mol. The van der Waals surface area contributed by atoms with Gasteiger partial charge in [0.05, 0.1) is 31.3 Å². The molecule has 4 aromatic rings. The highest BCUT2D eigenvalue weighted by Gasteiger charge is 2.16. The van der Waals surface area contributed by atoms with Crippen LogP contribution >= 0.6 is 0 Å². The van der Waals surface area contributed by atoms with Crippen molar-refractivity contribution >= 4 is 29.1 Å². The number of benzene rings is 2. The Morgan fingerprint density at radius 2 is 2.03 bits per heavy atom. The lowest BCUT2D eigenvalue weighted by molar-refractivity contribution is 0.285. The minimum Gasteiger partial charge on any atom is -0.496 e. The van der Waals surface area contributed by atoms with Gasteiger partial charge in [0.15, 0.2) is 0 Å². The van der Waals surface area contributed by atoms with E-state index in [1.807, 2.05) is 59.8 Å². The van der Waals surface area contributed by atoms with E-state index >= 15 is 0 Å². The van der Waals surface area contributed by atoms with Gasteiger partial charge >= 0.3 is 0 Å². The van der Waals surface area contributed by atoms with Crippen LogP contribution in [0.3, 0.4) is 0 Å². The third-order valence-corrected chi connectivity index (χ3v) is 5.07. The molecule has 1 N–H and O–H groups in total. The molecule has 154 valence electrons. The number of fused-ring (bicyclic) bond motifs is 3. The molecule has 0 spiro atoms. The summed E-state index contributed by atoms with van der Waals surface area (Å²) in [7, 11) is 1.65. The van der Waals surface area contributed by atoms with Crippen molar-refractivity contribution in [3.8, 4) is 11.6 Å². The smallest absolute Gasteiger partial charge is 0.213 e. The number of pyridine rings is 1. The normalized spacial score (nSPS) is 13.0. The summed E-state index contributed by atoms with van der Waals surface area (Å²) in [6.45, 7) is 0.987. The van der Waals surface area contributed by atoms with Crippen LogP contribution in [0.2, 0.25) is 0 Å². The Hall–Kier alpha value is -4.13. The molecule has 7 heteroatoms. The first-order valence-electron chi connectivity index (χ1n) is 9.95. The van der Waals surface area contributed by atoms with Crippen LogP contribution in [0.25, 0.3) is 10.9 Å². The summed E-state index contributed by atoms with van der Waals surface area (Å²) in [6.07, 6.45) is 5.27. The Morgan fingerprint density at radius 3 is 2.90 bits per heavy atom. The molecule has 0 saturated carbocycles. The standard InChI is InChI=1S/C24H21N5O2/c1-30-22-10-9-17(12-18(22)15-31-23-8-4-5-11-25-23)13-27-29-14-21-24(26-16-29)19-6-2-3-7-20(19)28-21/h2-13,16,28H,14-15H2,1H3/b27-13-. The fraction of sp³-hybridized carbons (Fsp3) is 0.125. The van der Waals surface area contributed by atoms with Crippen LogP contribution in [0.15, 0.2) is 77.0 Å². The molecule has 0 bridgehead atoms. The van der Waals surface area contributed by atoms with Crippen molar-refractivity contribution < 1.29 is 9.47 Å². The Balaban J connectivity index is 1.31. The number of methoxy groups -OCH3 is 1. The van der Waals surface area contributed by atoms with E-state index in [1.165, 1.54) is 0 Å². The maximum atomic E-state index is 5.78. The minimum absolute atomic E-state index is 0.353. The second-order valence-electron chi connectivity index (χ2n) is 7.11. The highest BCUT2D eigenvalue weighted by atomic mass is 16.5. The van der Waals surface area contributed by atoms with Crippen molar-refractivity contribution in [2.24, 2.45) is 10.1 Å². The van der Waals surface area contributed by atoms with Gasteiger partial charge in [0, 0.05) is 28.7 Å². The number of hydrogen-bond acceptors (Lipinski definition) is 6. The summed E-state index contributed by atoms with van der Waals surface area (Å²) in [5, 5.41) is 7.52. The summed E-state index contributed by atoms with van der Waals surface area (Å²) in [6, 6.07) is 19.6. The molecule has 0 radical (unpaired) electrons. The highest BCUT2D eigenvalue weighted by Crippen LogP contribution is 2.33. The molecule has 0 amide bonds. The second-order valence-corrected chi connectivity index (χ2v) is 7.11. The van der Waals surface area contributed by atoms with Gasteiger partial charge in [0.1, 0.15) is 18.7 Å². The first kappa shape index (κ1) is 18.9. The number of hydrazone groups is 1. The number of aromatic nitrogens is 2. The zero-order valence-electron chi connectivity index (χ0n) is 17.0. The first-order valence-corrected chi connectivity index (χ1v) is 9.95. The zero-order valence-corrected chi connectivity index (χ0v) is 17.0. The van der Waals surface area contributed by atoms with Crippen LogP contribution in [0, 0.1) is 0 Å². The minimum atomic E-state index is 0.353. The van der Waals surface area contributed by atoms with Crippen LogP contribution in [0.4, 0.5) is 5.69 Å². The predicted molar refractivity (Wildman–Crippen MR) is 121 cm³/mol. The van der Waals surface area contributed by atoms with Gasteiger partial charge in [-0.15, -0.1) is 0 Å². The van der Waals surface area contributed by atoms with Crippen molar-refractivity contribution in [1.82, 2.24) is 15.0 Å². The SMILES string of the molecule is COc1ccc(/C=N\N2C=Nc3c([nH]c4ccccc34)C2)cc1COc1ccccn1. The summed E-state index contributed by atoms with van der Waals surface area (Å²) in [5.74, 6) is 1.33.